The van der Waals surface area contributed by atoms with E-state index in [0.717, 1.165) is 18.2 Å². The zero-order chi connectivity index (χ0) is 15.1. The fourth-order valence-electron chi connectivity index (χ4n) is 1.67. The number of alkyl halides is 3. The lowest BCUT2D eigenvalue weighted by atomic mass is 10.1. The molecule has 0 bridgehead atoms. The predicted molar refractivity (Wildman–Crippen MR) is 61.7 cm³/mol. The van der Waals surface area contributed by atoms with Crippen LogP contribution in [0.4, 0.5) is 17.6 Å². The predicted octanol–water partition coefficient (Wildman–Crippen LogP) is 3.40. The minimum absolute atomic E-state index is 0.163. The standard InChI is InChI=1S/C13H10F4O3/c1-7(13(15,16)17)9-3-2-8(14)6-10(9)20-12(4-5-12)11(18)19/h2-3,6H,1,4-5H2,(H,18,19). The Balaban J connectivity index is 2.39. The van der Waals surface area contributed by atoms with Crippen molar-refractivity contribution in [2.75, 3.05) is 0 Å². The van der Waals surface area contributed by atoms with Gasteiger partial charge in [0.05, 0.1) is 5.57 Å². The summed E-state index contributed by atoms with van der Waals surface area (Å²) in [7, 11) is 0. The fourth-order valence-corrected chi connectivity index (χ4v) is 1.67. The van der Waals surface area contributed by atoms with Crippen LogP contribution in [0.3, 0.4) is 0 Å². The van der Waals surface area contributed by atoms with Crippen molar-refractivity contribution in [2.24, 2.45) is 0 Å². The van der Waals surface area contributed by atoms with Gasteiger partial charge in [0.2, 0.25) is 5.60 Å². The van der Waals surface area contributed by atoms with Gasteiger partial charge in [-0.25, -0.2) is 9.18 Å². The molecule has 3 nitrogen and oxygen atoms in total. The summed E-state index contributed by atoms with van der Waals surface area (Å²) in [5.74, 6) is -2.57. The first-order valence-corrected chi connectivity index (χ1v) is 5.64. The molecule has 0 heterocycles. The van der Waals surface area contributed by atoms with Crippen LogP contribution in [-0.2, 0) is 4.79 Å². The summed E-state index contributed by atoms with van der Waals surface area (Å²) >= 11 is 0. The van der Waals surface area contributed by atoms with E-state index in [9.17, 15) is 22.4 Å². The van der Waals surface area contributed by atoms with E-state index in [1.165, 1.54) is 0 Å². The molecule has 0 unspecified atom stereocenters. The smallest absolute Gasteiger partial charge is 0.416 e. The van der Waals surface area contributed by atoms with E-state index in [-0.39, 0.29) is 12.8 Å². The Kier molecular flexibility index (Phi) is 3.23. The van der Waals surface area contributed by atoms with E-state index in [4.69, 9.17) is 9.84 Å². The molecule has 0 aromatic heterocycles. The number of benzene rings is 1. The number of ether oxygens (including phenoxy) is 1. The minimum atomic E-state index is -4.71. The molecule has 1 aliphatic carbocycles. The van der Waals surface area contributed by atoms with Crippen LogP contribution < -0.4 is 4.74 Å². The van der Waals surface area contributed by atoms with Crippen molar-refractivity contribution in [2.45, 2.75) is 24.6 Å². The topological polar surface area (TPSA) is 46.5 Å². The Hall–Kier alpha value is -2.05. The number of carbonyl (C=O) groups is 1. The molecule has 108 valence electrons. The summed E-state index contributed by atoms with van der Waals surface area (Å²) in [6.07, 6.45) is -4.39. The summed E-state index contributed by atoms with van der Waals surface area (Å²) in [6, 6.07) is 2.44. The van der Waals surface area contributed by atoms with Gasteiger partial charge in [0.15, 0.2) is 0 Å². The maximum absolute atomic E-state index is 13.2. The van der Waals surface area contributed by atoms with Gasteiger partial charge in [-0.15, -0.1) is 0 Å². The van der Waals surface area contributed by atoms with Gasteiger partial charge in [0.1, 0.15) is 11.6 Å². The molecule has 1 aromatic rings. The van der Waals surface area contributed by atoms with Crippen molar-refractivity contribution in [3.05, 3.63) is 36.2 Å². The third kappa shape index (κ3) is 2.61. The minimum Gasteiger partial charge on any atom is -0.478 e. The lowest BCUT2D eigenvalue weighted by Gasteiger charge is -2.19. The molecule has 0 atom stereocenters. The van der Waals surface area contributed by atoms with Gasteiger partial charge in [-0.3, -0.25) is 0 Å². The number of carboxylic acids is 1. The second-order valence-electron chi connectivity index (χ2n) is 4.52. The van der Waals surface area contributed by atoms with E-state index in [1.807, 2.05) is 0 Å². The quantitative estimate of drug-likeness (QED) is 0.864. The highest BCUT2D eigenvalue weighted by atomic mass is 19.4. The average molecular weight is 290 g/mol. The Labute approximate surface area is 111 Å². The normalized spacial score (nSPS) is 16.6. The molecular formula is C13H10F4O3. The Bertz CT molecular complexity index is 573. The van der Waals surface area contributed by atoms with Crippen molar-refractivity contribution in [1.82, 2.24) is 0 Å². The summed E-state index contributed by atoms with van der Waals surface area (Å²) in [6.45, 7) is 2.91. The number of allylic oxidation sites excluding steroid dienone is 1. The van der Waals surface area contributed by atoms with Crippen LogP contribution in [0, 0.1) is 5.82 Å². The Morgan fingerprint density at radius 2 is 1.95 bits per heavy atom. The van der Waals surface area contributed by atoms with Crippen LogP contribution >= 0.6 is 0 Å². The van der Waals surface area contributed by atoms with Crippen LogP contribution in [0.1, 0.15) is 18.4 Å². The van der Waals surface area contributed by atoms with Crippen molar-refractivity contribution in [1.29, 1.82) is 0 Å². The molecule has 2 rings (SSSR count). The largest absolute Gasteiger partial charge is 0.478 e. The highest BCUT2D eigenvalue weighted by molar-refractivity contribution is 5.82. The first kappa shape index (κ1) is 14.4. The van der Waals surface area contributed by atoms with Crippen molar-refractivity contribution >= 4 is 11.5 Å². The van der Waals surface area contributed by atoms with Gasteiger partial charge in [0.25, 0.3) is 0 Å². The lowest BCUT2D eigenvalue weighted by molar-refractivity contribution is -0.147. The molecule has 1 aromatic carbocycles. The number of hydrogen-bond acceptors (Lipinski definition) is 2. The van der Waals surface area contributed by atoms with Crippen LogP contribution in [0.5, 0.6) is 5.75 Å². The molecule has 0 radical (unpaired) electrons. The molecule has 0 amide bonds. The SMILES string of the molecule is C=C(c1ccc(F)cc1OC1(C(=O)O)CC1)C(F)(F)F. The van der Waals surface area contributed by atoms with Crippen LogP contribution in [0.2, 0.25) is 0 Å². The molecule has 1 N–H and O–H groups in total. The van der Waals surface area contributed by atoms with Crippen LogP contribution in [0.25, 0.3) is 5.57 Å². The zero-order valence-corrected chi connectivity index (χ0v) is 10.1. The van der Waals surface area contributed by atoms with E-state index in [0.29, 0.717) is 0 Å². The molecule has 0 saturated heterocycles. The fraction of sp³-hybridized carbons (Fsp3) is 0.308. The zero-order valence-electron chi connectivity index (χ0n) is 10.1. The van der Waals surface area contributed by atoms with Gasteiger partial charge < -0.3 is 9.84 Å². The Morgan fingerprint density at radius 1 is 1.35 bits per heavy atom. The van der Waals surface area contributed by atoms with E-state index in [1.54, 1.807) is 0 Å². The number of carboxylic acid groups (broad SMARTS) is 1. The van der Waals surface area contributed by atoms with Crippen molar-refractivity contribution < 1.29 is 32.2 Å². The average Bonchev–Trinajstić information content (AvgIpc) is 3.08. The maximum Gasteiger partial charge on any atom is 0.416 e. The molecule has 1 aliphatic rings. The van der Waals surface area contributed by atoms with E-state index < -0.39 is 40.4 Å². The van der Waals surface area contributed by atoms with E-state index in [2.05, 4.69) is 6.58 Å². The van der Waals surface area contributed by atoms with Gasteiger partial charge in [0, 0.05) is 24.5 Å². The molecule has 0 spiro atoms. The molecule has 1 saturated carbocycles. The number of rotatable bonds is 4. The van der Waals surface area contributed by atoms with E-state index >= 15 is 0 Å². The molecule has 20 heavy (non-hydrogen) atoms. The molecule has 1 fully saturated rings. The van der Waals surface area contributed by atoms with Gasteiger partial charge in [-0.2, -0.15) is 13.2 Å². The highest BCUT2D eigenvalue weighted by Gasteiger charge is 2.54. The second kappa shape index (κ2) is 4.50. The summed E-state index contributed by atoms with van der Waals surface area (Å²) in [4.78, 5) is 11.0. The summed E-state index contributed by atoms with van der Waals surface area (Å²) < 4.78 is 56.2. The van der Waals surface area contributed by atoms with Crippen LogP contribution in [0.15, 0.2) is 24.8 Å². The number of halogens is 4. The van der Waals surface area contributed by atoms with Crippen molar-refractivity contribution in [3.8, 4) is 5.75 Å². The monoisotopic (exact) mass is 290 g/mol. The lowest BCUT2D eigenvalue weighted by Crippen LogP contribution is -2.29. The second-order valence-corrected chi connectivity index (χ2v) is 4.52. The Morgan fingerprint density at radius 3 is 2.40 bits per heavy atom. The molecule has 0 aliphatic heterocycles. The summed E-state index contributed by atoms with van der Waals surface area (Å²) in [5, 5.41) is 8.96. The third-order valence-electron chi connectivity index (χ3n) is 3.01. The van der Waals surface area contributed by atoms with Gasteiger partial charge in [-0.1, -0.05) is 6.58 Å². The number of aliphatic carboxylic acids is 1. The third-order valence-corrected chi connectivity index (χ3v) is 3.01. The van der Waals surface area contributed by atoms with Crippen molar-refractivity contribution in [3.63, 3.8) is 0 Å². The number of hydrogen-bond donors (Lipinski definition) is 1. The molecular weight excluding hydrogens is 280 g/mol. The van der Waals surface area contributed by atoms with Gasteiger partial charge >= 0.3 is 12.1 Å². The highest BCUT2D eigenvalue weighted by Crippen LogP contribution is 2.44. The van der Waals surface area contributed by atoms with Gasteiger partial charge in [-0.05, 0) is 12.1 Å². The first-order chi connectivity index (χ1) is 9.16. The maximum atomic E-state index is 13.2. The van der Waals surface area contributed by atoms with Crippen LogP contribution in [-0.4, -0.2) is 22.9 Å². The summed E-state index contributed by atoms with van der Waals surface area (Å²) in [5.41, 5.74) is -3.24. The first-order valence-electron chi connectivity index (χ1n) is 5.64. The molecule has 7 heteroatoms.